The fourth-order valence-electron chi connectivity index (χ4n) is 5.71. The molecule has 1 saturated heterocycles. The molecule has 0 atom stereocenters. The van der Waals surface area contributed by atoms with Crippen molar-refractivity contribution in [2.45, 2.75) is 68.6 Å². The molecule has 2 aromatic rings. The van der Waals surface area contributed by atoms with Crippen LogP contribution in [0.3, 0.4) is 0 Å². The average molecular weight is 524 g/mol. The van der Waals surface area contributed by atoms with E-state index < -0.39 is 0 Å². The van der Waals surface area contributed by atoms with Gasteiger partial charge < -0.3 is 10.6 Å². The SMILES string of the molecule is C=C(/N=C1/CCC/C1=C(/C)Nc1ccc(C2(C(=C)C#N)CCC2)cc1)Nc1ccc(SN2CCCC2)cc1. The van der Waals surface area contributed by atoms with Crippen molar-refractivity contribution in [2.75, 3.05) is 23.7 Å². The maximum absolute atomic E-state index is 9.43. The lowest BCUT2D eigenvalue weighted by Crippen LogP contribution is -2.35. The summed E-state index contributed by atoms with van der Waals surface area (Å²) in [5.74, 6) is 0.667. The monoisotopic (exact) mass is 523 g/mol. The van der Waals surface area contributed by atoms with E-state index in [1.807, 2.05) is 11.9 Å². The van der Waals surface area contributed by atoms with Crippen molar-refractivity contribution < 1.29 is 0 Å². The lowest BCUT2D eigenvalue weighted by Gasteiger charge is -2.42. The van der Waals surface area contributed by atoms with Crippen LogP contribution in [0.2, 0.25) is 0 Å². The van der Waals surface area contributed by atoms with Crippen molar-refractivity contribution in [2.24, 2.45) is 4.99 Å². The first kappa shape index (κ1) is 26.3. The molecule has 2 aliphatic carbocycles. The van der Waals surface area contributed by atoms with E-state index in [9.17, 15) is 5.26 Å². The molecule has 1 heterocycles. The lowest BCUT2D eigenvalue weighted by molar-refractivity contribution is 0.303. The van der Waals surface area contributed by atoms with Gasteiger partial charge in [-0.05, 0) is 111 Å². The minimum absolute atomic E-state index is 0.160. The first-order valence-corrected chi connectivity index (χ1v) is 14.5. The Morgan fingerprint density at radius 2 is 1.58 bits per heavy atom. The maximum atomic E-state index is 9.43. The number of nitrogens with zero attached hydrogens (tertiary/aromatic N) is 3. The second-order valence-electron chi connectivity index (χ2n) is 10.6. The Kier molecular flexibility index (Phi) is 8.06. The minimum Gasteiger partial charge on any atom is -0.359 e. The molecule has 5 nitrogen and oxygen atoms in total. The Bertz CT molecular complexity index is 1290. The van der Waals surface area contributed by atoms with Gasteiger partial charge >= 0.3 is 0 Å². The van der Waals surface area contributed by atoms with E-state index >= 15 is 0 Å². The number of hydrogen-bond acceptors (Lipinski definition) is 6. The van der Waals surface area contributed by atoms with Crippen LogP contribution in [0.5, 0.6) is 0 Å². The predicted molar refractivity (Wildman–Crippen MR) is 160 cm³/mol. The van der Waals surface area contributed by atoms with Crippen molar-refractivity contribution in [3.05, 3.63) is 89.9 Å². The Labute approximate surface area is 231 Å². The zero-order valence-electron chi connectivity index (χ0n) is 22.4. The summed E-state index contributed by atoms with van der Waals surface area (Å²) in [5, 5.41) is 16.4. The molecule has 3 fully saturated rings. The third-order valence-electron chi connectivity index (χ3n) is 8.04. The molecule has 0 aromatic heterocycles. The van der Waals surface area contributed by atoms with Crippen LogP contribution in [0.25, 0.3) is 0 Å². The smallest absolute Gasteiger partial charge is 0.123 e. The summed E-state index contributed by atoms with van der Waals surface area (Å²) in [6, 6.07) is 19.3. The first-order chi connectivity index (χ1) is 18.5. The van der Waals surface area contributed by atoms with Gasteiger partial charge in [-0.1, -0.05) is 31.7 Å². The van der Waals surface area contributed by atoms with Crippen LogP contribution in [0.15, 0.2) is 94.2 Å². The van der Waals surface area contributed by atoms with Crippen molar-refractivity contribution in [1.29, 1.82) is 5.26 Å². The molecule has 1 aliphatic heterocycles. The van der Waals surface area contributed by atoms with Crippen LogP contribution in [0, 0.1) is 11.3 Å². The molecule has 0 amide bonds. The molecule has 2 aromatic carbocycles. The Morgan fingerprint density at radius 3 is 2.21 bits per heavy atom. The van der Waals surface area contributed by atoms with Gasteiger partial charge in [0.2, 0.25) is 0 Å². The topological polar surface area (TPSA) is 63.5 Å². The highest BCUT2D eigenvalue weighted by molar-refractivity contribution is 7.97. The number of hydrogen-bond donors (Lipinski definition) is 2. The Morgan fingerprint density at radius 1 is 0.921 bits per heavy atom. The molecule has 0 bridgehead atoms. The minimum atomic E-state index is -0.160. The number of benzene rings is 2. The normalized spacial score (nSPS) is 21.0. The summed E-state index contributed by atoms with van der Waals surface area (Å²) in [7, 11) is 0. The van der Waals surface area contributed by atoms with E-state index in [1.165, 1.54) is 42.0 Å². The van der Waals surface area contributed by atoms with E-state index in [0.29, 0.717) is 11.4 Å². The number of anilines is 2. The van der Waals surface area contributed by atoms with E-state index in [1.54, 1.807) is 0 Å². The second kappa shape index (κ2) is 11.6. The summed E-state index contributed by atoms with van der Waals surface area (Å²) in [4.78, 5) is 6.14. The highest BCUT2D eigenvalue weighted by Gasteiger charge is 2.41. The largest absolute Gasteiger partial charge is 0.359 e. The summed E-state index contributed by atoms with van der Waals surface area (Å²) in [6.45, 7) is 12.7. The van der Waals surface area contributed by atoms with Gasteiger partial charge in [0.15, 0.2) is 0 Å². The lowest BCUT2D eigenvalue weighted by atomic mass is 9.61. The van der Waals surface area contributed by atoms with Gasteiger partial charge in [-0.25, -0.2) is 9.30 Å². The van der Waals surface area contributed by atoms with Crippen molar-refractivity contribution in [3.8, 4) is 6.07 Å². The number of rotatable bonds is 9. The van der Waals surface area contributed by atoms with E-state index in [-0.39, 0.29) is 5.41 Å². The first-order valence-electron chi connectivity index (χ1n) is 13.7. The maximum Gasteiger partial charge on any atom is 0.123 e. The third kappa shape index (κ3) is 5.75. The molecule has 5 rings (SSSR count). The van der Waals surface area contributed by atoms with Crippen molar-refractivity contribution >= 4 is 29.0 Å². The van der Waals surface area contributed by atoms with Crippen LogP contribution >= 0.6 is 11.9 Å². The standard InChI is InChI=1S/C32H37N5S/c1-23(22-33)32(18-7-19-32)26-10-12-27(13-11-26)34-24(2)30-8-6-9-31(30)36-25(3)35-28-14-16-29(17-15-28)38-37-20-4-5-21-37/h10-17,34-35H,1,3-9,18-21H2,2H3/b30-24+,36-31-. The summed E-state index contributed by atoms with van der Waals surface area (Å²) >= 11 is 1.84. The van der Waals surface area contributed by atoms with Gasteiger partial charge in [-0.2, -0.15) is 5.26 Å². The van der Waals surface area contributed by atoms with Crippen molar-refractivity contribution in [3.63, 3.8) is 0 Å². The van der Waals surface area contributed by atoms with Crippen molar-refractivity contribution in [1.82, 2.24) is 4.31 Å². The van der Waals surface area contributed by atoms with Crippen LogP contribution in [0.4, 0.5) is 11.4 Å². The molecule has 38 heavy (non-hydrogen) atoms. The molecule has 6 heteroatoms. The fourth-order valence-corrected chi connectivity index (χ4v) is 6.70. The number of allylic oxidation sites excluding steroid dienone is 3. The van der Waals surface area contributed by atoms with Crippen LogP contribution < -0.4 is 10.6 Å². The van der Waals surface area contributed by atoms with Crippen LogP contribution in [0.1, 0.15) is 63.9 Å². The number of nitriles is 1. The van der Waals surface area contributed by atoms with Gasteiger partial charge in [0.1, 0.15) is 5.82 Å². The van der Waals surface area contributed by atoms with Gasteiger partial charge in [0, 0.05) is 51.8 Å². The molecular formula is C32H37N5S. The zero-order valence-corrected chi connectivity index (χ0v) is 23.2. The predicted octanol–water partition coefficient (Wildman–Crippen LogP) is 8.19. The second-order valence-corrected chi connectivity index (χ2v) is 11.7. The van der Waals surface area contributed by atoms with Crippen LogP contribution in [-0.4, -0.2) is 23.1 Å². The summed E-state index contributed by atoms with van der Waals surface area (Å²) in [5.41, 5.74) is 7.26. The highest BCUT2D eigenvalue weighted by Crippen LogP contribution is 2.48. The fraction of sp³-hybridized carbons (Fsp3) is 0.375. The summed E-state index contributed by atoms with van der Waals surface area (Å²) in [6.07, 6.45) is 8.83. The molecule has 0 radical (unpaired) electrons. The van der Waals surface area contributed by atoms with Gasteiger partial charge in [0.25, 0.3) is 0 Å². The number of aliphatic imine (C=N–C) groups is 1. The Hall–Kier alpha value is -3.27. The van der Waals surface area contributed by atoms with Crippen LogP contribution in [-0.2, 0) is 5.41 Å². The average Bonchev–Trinajstić information content (AvgIpc) is 3.57. The quantitative estimate of drug-likeness (QED) is 0.256. The van der Waals surface area contributed by atoms with E-state index in [0.717, 1.165) is 61.3 Å². The van der Waals surface area contributed by atoms with Gasteiger partial charge in [-0.15, -0.1) is 0 Å². The zero-order chi connectivity index (χ0) is 26.5. The molecule has 0 spiro atoms. The molecule has 2 saturated carbocycles. The summed E-state index contributed by atoms with van der Waals surface area (Å²) < 4.78 is 2.43. The molecule has 3 aliphatic rings. The van der Waals surface area contributed by atoms with Gasteiger partial charge in [-0.3, -0.25) is 0 Å². The number of nitrogens with one attached hydrogen (secondary N) is 2. The molecular weight excluding hydrogens is 486 g/mol. The van der Waals surface area contributed by atoms with Gasteiger partial charge in [0.05, 0.1) is 6.07 Å². The van der Waals surface area contributed by atoms with E-state index in [4.69, 9.17) is 4.99 Å². The molecule has 2 N–H and O–H groups in total. The molecule has 0 unspecified atom stereocenters. The Balaban J connectivity index is 1.22. The third-order valence-corrected chi connectivity index (χ3v) is 9.15. The molecule has 196 valence electrons. The van der Waals surface area contributed by atoms with E-state index in [2.05, 4.69) is 89.6 Å². The highest BCUT2D eigenvalue weighted by atomic mass is 32.2.